The molecule has 3 aromatic carbocycles. The van der Waals surface area contributed by atoms with Gasteiger partial charge in [-0.3, -0.25) is 9.59 Å². The van der Waals surface area contributed by atoms with Crippen LogP contribution in [0, 0.1) is 6.92 Å². The average molecular weight is 353 g/mol. The second-order valence-electron chi connectivity index (χ2n) is 6.78. The molecule has 3 heteroatoms. The van der Waals surface area contributed by atoms with E-state index in [1.807, 2.05) is 85.8 Å². The Morgan fingerprint density at radius 2 is 1.74 bits per heavy atom. The van der Waals surface area contributed by atoms with Gasteiger partial charge in [0, 0.05) is 28.8 Å². The number of amides is 1. The van der Waals surface area contributed by atoms with Crippen LogP contribution >= 0.6 is 0 Å². The number of fused-ring (bicyclic) bond motifs is 1. The van der Waals surface area contributed by atoms with E-state index in [0.29, 0.717) is 17.7 Å². The number of Topliss-reactive ketones (excluding diaryl/α,β-unsaturated/α-hetero) is 1. The molecule has 0 aliphatic heterocycles. The van der Waals surface area contributed by atoms with E-state index < -0.39 is 0 Å². The number of hydrogen-bond acceptors (Lipinski definition) is 2. The third kappa shape index (κ3) is 3.58. The van der Waals surface area contributed by atoms with E-state index in [0.717, 1.165) is 27.8 Å². The number of hydrogen-bond donors (Lipinski definition) is 1. The Kier molecular flexibility index (Phi) is 4.43. The zero-order chi connectivity index (χ0) is 18.8. The molecule has 0 heterocycles. The number of aryl methyl sites for hydroxylation is 1. The molecule has 0 bridgehead atoms. The number of carbonyl (C=O) groups excluding carboxylic acids is 2. The molecule has 132 valence electrons. The number of ketones is 1. The van der Waals surface area contributed by atoms with Crippen molar-refractivity contribution in [2.45, 2.75) is 13.3 Å². The molecule has 0 aromatic heterocycles. The molecule has 1 aliphatic carbocycles. The molecular weight excluding hydrogens is 334 g/mol. The normalized spacial score (nSPS) is 14.3. The van der Waals surface area contributed by atoms with Crippen LogP contribution in [-0.2, 0) is 6.42 Å². The number of benzene rings is 3. The third-order valence-electron chi connectivity index (χ3n) is 4.73. The first-order chi connectivity index (χ1) is 13.1. The van der Waals surface area contributed by atoms with Crippen molar-refractivity contribution in [1.29, 1.82) is 0 Å². The predicted octanol–water partition coefficient (Wildman–Crippen LogP) is 5.07. The lowest BCUT2D eigenvalue weighted by Gasteiger charge is -2.07. The lowest BCUT2D eigenvalue weighted by Crippen LogP contribution is -2.11. The zero-order valence-corrected chi connectivity index (χ0v) is 15.0. The monoisotopic (exact) mass is 353 g/mol. The van der Waals surface area contributed by atoms with Crippen molar-refractivity contribution < 1.29 is 9.59 Å². The minimum absolute atomic E-state index is 0.0831. The van der Waals surface area contributed by atoms with Gasteiger partial charge in [-0.25, -0.2) is 0 Å². The summed E-state index contributed by atoms with van der Waals surface area (Å²) in [6, 6.07) is 22.7. The van der Waals surface area contributed by atoms with Gasteiger partial charge < -0.3 is 5.32 Å². The molecule has 0 unspecified atom stereocenters. The number of anilines is 1. The van der Waals surface area contributed by atoms with Crippen molar-refractivity contribution in [1.82, 2.24) is 0 Å². The minimum atomic E-state index is -0.149. The van der Waals surface area contributed by atoms with Crippen molar-refractivity contribution in [3.8, 4) is 0 Å². The minimum Gasteiger partial charge on any atom is -0.322 e. The first kappa shape index (κ1) is 17.0. The molecule has 1 aliphatic rings. The van der Waals surface area contributed by atoms with E-state index in [9.17, 15) is 9.59 Å². The van der Waals surface area contributed by atoms with Gasteiger partial charge in [-0.15, -0.1) is 0 Å². The van der Waals surface area contributed by atoms with Gasteiger partial charge in [0.05, 0.1) is 0 Å². The quantitative estimate of drug-likeness (QED) is 0.668. The van der Waals surface area contributed by atoms with Gasteiger partial charge in [-0.1, -0.05) is 54.1 Å². The highest BCUT2D eigenvalue weighted by molar-refractivity contribution is 6.15. The Labute approximate surface area is 158 Å². The molecule has 1 N–H and O–H groups in total. The van der Waals surface area contributed by atoms with Gasteiger partial charge >= 0.3 is 0 Å². The van der Waals surface area contributed by atoms with E-state index in [-0.39, 0.29) is 11.7 Å². The second kappa shape index (κ2) is 7.04. The fraction of sp³-hybridized carbons (Fsp3) is 0.0833. The first-order valence-electron chi connectivity index (χ1n) is 8.91. The maximum absolute atomic E-state index is 12.5. The second-order valence-corrected chi connectivity index (χ2v) is 6.78. The van der Waals surface area contributed by atoms with E-state index in [1.54, 1.807) is 0 Å². The molecule has 0 atom stereocenters. The number of allylic oxidation sites excluding steroid dienone is 1. The molecule has 3 aromatic rings. The van der Waals surface area contributed by atoms with Crippen LogP contribution in [-0.4, -0.2) is 11.7 Å². The fourth-order valence-electron chi connectivity index (χ4n) is 3.29. The standard InChI is InChI=1S/C24H19NO2/c1-16-9-11-18(12-10-16)24(27)25-21-7-4-5-17(14-21)13-20-15-19-6-2-3-8-22(19)23(20)26/h2-14H,15H2,1H3,(H,25,27)/b20-13+. The Bertz CT molecular complexity index is 1060. The molecule has 1 amide bonds. The summed E-state index contributed by atoms with van der Waals surface area (Å²) in [7, 11) is 0. The summed E-state index contributed by atoms with van der Waals surface area (Å²) in [6.07, 6.45) is 2.55. The topological polar surface area (TPSA) is 46.2 Å². The maximum Gasteiger partial charge on any atom is 0.255 e. The lowest BCUT2D eigenvalue weighted by atomic mass is 10.1. The van der Waals surface area contributed by atoms with Gasteiger partial charge in [0.15, 0.2) is 5.78 Å². The first-order valence-corrected chi connectivity index (χ1v) is 8.91. The maximum atomic E-state index is 12.5. The Balaban J connectivity index is 1.54. The summed E-state index contributed by atoms with van der Waals surface area (Å²) < 4.78 is 0. The van der Waals surface area contributed by atoms with Crippen molar-refractivity contribution in [2.24, 2.45) is 0 Å². The number of nitrogens with one attached hydrogen (secondary N) is 1. The summed E-state index contributed by atoms with van der Waals surface area (Å²) in [4.78, 5) is 24.9. The molecule has 3 nitrogen and oxygen atoms in total. The van der Waals surface area contributed by atoms with Gasteiger partial charge in [0.25, 0.3) is 5.91 Å². The van der Waals surface area contributed by atoms with Gasteiger partial charge in [-0.05, 0) is 48.4 Å². The average Bonchev–Trinajstić information content (AvgIpc) is 2.98. The van der Waals surface area contributed by atoms with Crippen molar-refractivity contribution in [3.05, 3.63) is 106 Å². The van der Waals surface area contributed by atoms with E-state index in [4.69, 9.17) is 0 Å². The van der Waals surface area contributed by atoms with Crippen molar-refractivity contribution in [3.63, 3.8) is 0 Å². The van der Waals surface area contributed by atoms with Crippen LogP contribution in [0.4, 0.5) is 5.69 Å². The van der Waals surface area contributed by atoms with E-state index in [2.05, 4.69) is 5.32 Å². The molecular formula is C24H19NO2. The summed E-state index contributed by atoms with van der Waals surface area (Å²) in [5, 5.41) is 2.92. The highest BCUT2D eigenvalue weighted by Crippen LogP contribution is 2.28. The molecule has 0 fully saturated rings. The molecule has 4 rings (SSSR count). The van der Waals surface area contributed by atoms with Crippen molar-refractivity contribution >= 4 is 23.5 Å². The Hall–Kier alpha value is -3.46. The van der Waals surface area contributed by atoms with Crippen LogP contribution in [0.15, 0.2) is 78.4 Å². The lowest BCUT2D eigenvalue weighted by molar-refractivity contribution is 0.102. The highest BCUT2D eigenvalue weighted by atomic mass is 16.1. The molecule has 0 saturated carbocycles. The van der Waals surface area contributed by atoms with Gasteiger partial charge in [-0.2, -0.15) is 0 Å². The summed E-state index contributed by atoms with van der Waals surface area (Å²) >= 11 is 0. The largest absolute Gasteiger partial charge is 0.322 e. The van der Waals surface area contributed by atoms with Crippen molar-refractivity contribution in [2.75, 3.05) is 5.32 Å². The zero-order valence-electron chi connectivity index (χ0n) is 15.0. The summed E-state index contributed by atoms with van der Waals surface area (Å²) in [6.45, 7) is 1.99. The summed E-state index contributed by atoms with van der Waals surface area (Å²) in [5.74, 6) is -0.0659. The van der Waals surface area contributed by atoms with Gasteiger partial charge in [0.2, 0.25) is 0 Å². The highest BCUT2D eigenvalue weighted by Gasteiger charge is 2.23. The van der Waals surface area contributed by atoms with Crippen LogP contribution in [0.2, 0.25) is 0 Å². The van der Waals surface area contributed by atoms with Crippen LogP contribution < -0.4 is 5.32 Å². The number of carbonyl (C=O) groups is 2. The fourth-order valence-corrected chi connectivity index (χ4v) is 3.29. The predicted molar refractivity (Wildman–Crippen MR) is 108 cm³/mol. The number of rotatable bonds is 3. The molecule has 27 heavy (non-hydrogen) atoms. The van der Waals surface area contributed by atoms with Crippen LogP contribution in [0.3, 0.4) is 0 Å². The van der Waals surface area contributed by atoms with E-state index in [1.165, 1.54) is 0 Å². The SMILES string of the molecule is Cc1ccc(C(=O)Nc2cccc(/C=C3\Cc4ccccc4C3=O)c2)cc1. The van der Waals surface area contributed by atoms with Crippen LogP contribution in [0.1, 0.15) is 37.4 Å². The third-order valence-corrected chi connectivity index (χ3v) is 4.73. The van der Waals surface area contributed by atoms with Crippen LogP contribution in [0.25, 0.3) is 6.08 Å². The van der Waals surface area contributed by atoms with E-state index >= 15 is 0 Å². The Morgan fingerprint density at radius 1 is 0.963 bits per heavy atom. The molecule has 0 spiro atoms. The molecule has 0 radical (unpaired) electrons. The Morgan fingerprint density at radius 3 is 2.52 bits per heavy atom. The van der Waals surface area contributed by atoms with Crippen LogP contribution in [0.5, 0.6) is 0 Å². The molecule has 0 saturated heterocycles. The summed E-state index contributed by atoms with van der Waals surface area (Å²) in [5.41, 5.74) is 5.96. The van der Waals surface area contributed by atoms with Gasteiger partial charge in [0.1, 0.15) is 0 Å². The smallest absolute Gasteiger partial charge is 0.255 e.